The minimum atomic E-state index is -4.57. The molecule has 0 atom stereocenters. The number of nitrogens with one attached hydrogen (secondary N) is 1. The molecule has 158 valence electrons. The van der Waals surface area contributed by atoms with E-state index in [2.05, 4.69) is 26.2 Å². The number of anilines is 1. The molecule has 0 unspecified atom stereocenters. The molecule has 0 bridgehead atoms. The number of aromatic nitrogens is 2. The van der Waals surface area contributed by atoms with Crippen LogP contribution < -0.4 is 15.6 Å². The zero-order valence-corrected chi connectivity index (χ0v) is 17.4. The molecule has 10 heteroatoms. The number of hydrogen-bond donors (Lipinski definition) is 1. The second-order valence-corrected chi connectivity index (χ2v) is 7.36. The molecule has 3 aromatic rings. The Bertz CT molecular complexity index is 1150. The number of halogens is 4. The third-order valence-corrected chi connectivity index (χ3v) is 4.64. The van der Waals surface area contributed by atoms with Crippen LogP contribution in [0.3, 0.4) is 0 Å². The lowest BCUT2D eigenvalue weighted by molar-refractivity contribution is -0.137. The van der Waals surface area contributed by atoms with Gasteiger partial charge in [-0.15, -0.1) is 0 Å². The highest BCUT2D eigenvalue weighted by molar-refractivity contribution is 9.10. The molecule has 30 heavy (non-hydrogen) atoms. The molecule has 0 saturated heterocycles. The van der Waals surface area contributed by atoms with Crippen LogP contribution in [0.15, 0.2) is 52.0 Å². The molecular formula is C20H17BrF3N3O3. The lowest BCUT2D eigenvalue weighted by Gasteiger charge is -2.15. The number of nitrogens with zero attached hydrogens (tertiary/aromatic N) is 2. The molecule has 3 rings (SSSR count). The van der Waals surface area contributed by atoms with Crippen LogP contribution in [-0.2, 0) is 17.5 Å². The Balaban J connectivity index is 1.87. The molecule has 0 radical (unpaired) electrons. The number of carbonyl (C=O) groups excluding carboxylic acids is 1. The Morgan fingerprint density at radius 1 is 1.23 bits per heavy atom. The first-order valence-corrected chi connectivity index (χ1v) is 9.77. The van der Waals surface area contributed by atoms with Crippen LogP contribution in [0.25, 0.3) is 10.9 Å². The summed E-state index contributed by atoms with van der Waals surface area (Å²) in [6.45, 7) is 1.70. The van der Waals surface area contributed by atoms with Crippen molar-refractivity contribution in [2.45, 2.75) is 26.1 Å². The summed E-state index contributed by atoms with van der Waals surface area (Å²) in [4.78, 5) is 29.2. The van der Waals surface area contributed by atoms with E-state index in [1.807, 2.05) is 6.92 Å². The topological polar surface area (TPSA) is 73.2 Å². The number of carbonyl (C=O) groups is 1. The standard InChI is InChI=1S/C20H17BrF3N3O3/c1-2-7-30-17-6-3-12(20(22,23)24)8-16(17)26-18(28)10-27-11-25-15-5-4-13(21)9-14(15)19(27)29/h3-6,8-9,11H,2,7,10H2,1H3,(H,26,28). The Labute approximate surface area is 177 Å². The van der Waals surface area contributed by atoms with Gasteiger partial charge in [0.2, 0.25) is 5.91 Å². The first-order chi connectivity index (χ1) is 14.2. The molecule has 6 nitrogen and oxygen atoms in total. The average molecular weight is 484 g/mol. The van der Waals surface area contributed by atoms with Crippen molar-refractivity contribution in [3.8, 4) is 5.75 Å². The van der Waals surface area contributed by atoms with Gasteiger partial charge < -0.3 is 10.1 Å². The van der Waals surface area contributed by atoms with Crippen molar-refractivity contribution in [3.63, 3.8) is 0 Å². The van der Waals surface area contributed by atoms with Gasteiger partial charge in [-0.3, -0.25) is 14.2 Å². The molecular weight excluding hydrogens is 467 g/mol. The summed E-state index contributed by atoms with van der Waals surface area (Å²) < 4.78 is 46.4. The van der Waals surface area contributed by atoms with Gasteiger partial charge in [0.1, 0.15) is 12.3 Å². The number of alkyl halides is 3. The molecule has 0 saturated carbocycles. The monoisotopic (exact) mass is 483 g/mol. The maximum atomic E-state index is 13.1. The molecule has 0 aliphatic heterocycles. The molecule has 0 spiro atoms. The first-order valence-electron chi connectivity index (χ1n) is 8.97. The first kappa shape index (κ1) is 21.8. The third-order valence-electron chi connectivity index (χ3n) is 4.14. The van der Waals surface area contributed by atoms with Crippen molar-refractivity contribution < 1.29 is 22.7 Å². The van der Waals surface area contributed by atoms with Crippen molar-refractivity contribution in [1.82, 2.24) is 9.55 Å². The average Bonchev–Trinajstić information content (AvgIpc) is 2.68. The van der Waals surface area contributed by atoms with E-state index in [1.165, 1.54) is 6.33 Å². The lowest BCUT2D eigenvalue weighted by Crippen LogP contribution is -2.28. The van der Waals surface area contributed by atoms with Gasteiger partial charge >= 0.3 is 6.18 Å². The Morgan fingerprint density at radius 2 is 2.00 bits per heavy atom. The number of amides is 1. The van der Waals surface area contributed by atoms with E-state index in [9.17, 15) is 22.8 Å². The lowest BCUT2D eigenvalue weighted by atomic mass is 10.1. The van der Waals surface area contributed by atoms with Gasteiger partial charge in [0.25, 0.3) is 5.56 Å². The summed E-state index contributed by atoms with van der Waals surface area (Å²) in [6, 6.07) is 7.83. The van der Waals surface area contributed by atoms with Crippen molar-refractivity contribution in [3.05, 3.63) is 63.1 Å². The largest absolute Gasteiger partial charge is 0.491 e. The summed E-state index contributed by atoms with van der Waals surface area (Å²) in [6.07, 6.45) is -2.71. The molecule has 0 aliphatic rings. The fraction of sp³-hybridized carbons (Fsp3) is 0.250. The molecule has 1 amide bonds. The second-order valence-electron chi connectivity index (χ2n) is 6.44. The minimum absolute atomic E-state index is 0.117. The Hall–Kier alpha value is -2.88. The quantitative estimate of drug-likeness (QED) is 0.555. The summed E-state index contributed by atoms with van der Waals surface area (Å²) >= 11 is 3.28. The second kappa shape index (κ2) is 8.86. The summed E-state index contributed by atoms with van der Waals surface area (Å²) in [5, 5.41) is 2.72. The van der Waals surface area contributed by atoms with E-state index in [-0.39, 0.29) is 18.0 Å². The molecule has 0 aliphatic carbocycles. The van der Waals surface area contributed by atoms with Crippen LogP contribution in [0.2, 0.25) is 0 Å². The number of benzene rings is 2. The van der Waals surface area contributed by atoms with Crippen LogP contribution in [-0.4, -0.2) is 22.1 Å². The van der Waals surface area contributed by atoms with E-state index in [0.717, 1.165) is 22.8 Å². The van der Waals surface area contributed by atoms with Gasteiger partial charge in [-0.25, -0.2) is 4.98 Å². The molecule has 1 heterocycles. The van der Waals surface area contributed by atoms with Crippen molar-refractivity contribution in [2.24, 2.45) is 0 Å². The molecule has 1 aromatic heterocycles. The number of fused-ring (bicyclic) bond motifs is 1. The smallest absolute Gasteiger partial charge is 0.416 e. The van der Waals surface area contributed by atoms with Crippen LogP contribution in [0.1, 0.15) is 18.9 Å². The van der Waals surface area contributed by atoms with Gasteiger partial charge in [0, 0.05) is 4.47 Å². The Kier molecular flexibility index (Phi) is 6.45. The van der Waals surface area contributed by atoms with Crippen molar-refractivity contribution >= 4 is 38.4 Å². The van der Waals surface area contributed by atoms with Crippen LogP contribution in [0, 0.1) is 0 Å². The fourth-order valence-electron chi connectivity index (χ4n) is 2.73. The van der Waals surface area contributed by atoms with E-state index in [1.54, 1.807) is 18.2 Å². The SMILES string of the molecule is CCCOc1ccc(C(F)(F)F)cc1NC(=O)Cn1cnc2ccc(Br)cc2c1=O. The molecule has 0 fully saturated rings. The zero-order chi connectivity index (χ0) is 21.9. The van der Waals surface area contributed by atoms with E-state index in [0.29, 0.717) is 21.8 Å². The third kappa shape index (κ3) is 4.99. The summed E-state index contributed by atoms with van der Waals surface area (Å²) in [7, 11) is 0. The van der Waals surface area contributed by atoms with Crippen molar-refractivity contribution in [2.75, 3.05) is 11.9 Å². The highest BCUT2D eigenvalue weighted by Gasteiger charge is 2.31. The molecule has 1 N–H and O–H groups in total. The van der Waals surface area contributed by atoms with Crippen LogP contribution in [0.4, 0.5) is 18.9 Å². The van der Waals surface area contributed by atoms with Crippen molar-refractivity contribution in [1.29, 1.82) is 0 Å². The minimum Gasteiger partial charge on any atom is -0.491 e. The van der Waals surface area contributed by atoms with Gasteiger partial charge in [-0.2, -0.15) is 13.2 Å². The predicted octanol–water partition coefficient (Wildman–Crippen LogP) is 4.61. The van der Waals surface area contributed by atoms with Gasteiger partial charge in [0.05, 0.1) is 35.1 Å². The van der Waals surface area contributed by atoms with Crippen LogP contribution in [0.5, 0.6) is 5.75 Å². The molecule has 2 aromatic carbocycles. The number of rotatable bonds is 6. The summed E-state index contributed by atoms with van der Waals surface area (Å²) in [5.41, 5.74) is -1.01. The Morgan fingerprint density at radius 3 is 2.70 bits per heavy atom. The number of hydrogen-bond acceptors (Lipinski definition) is 4. The highest BCUT2D eigenvalue weighted by Crippen LogP contribution is 2.35. The normalized spacial score (nSPS) is 11.5. The summed E-state index contributed by atoms with van der Waals surface area (Å²) in [5.74, 6) is -0.569. The highest BCUT2D eigenvalue weighted by atomic mass is 79.9. The maximum Gasteiger partial charge on any atom is 0.416 e. The fourth-order valence-corrected chi connectivity index (χ4v) is 3.09. The maximum absolute atomic E-state index is 13.1. The van der Waals surface area contributed by atoms with E-state index >= 15 is 0 Å². The van der Waals surface area contributed by atoms with Gasteiger partial charge in [-0.1, -0.05) is 22.9 Å². The van der Waals surface area contributed by atoms with Gasteiger partial charge in [0.15, 0.2) is 0 Å². The van der Waals surface area contributed by atoms with Gasteiger partial charge in [-0.05, 0) is 42.8 Å². The predicted molar refractivity (Wildman–Crippen MR) is 110 cm³/mol. The van der Waals surface area contributed by atoms with Crippen LogP contribution >= 0.6 is 15.9 Å². The number of ether oxygens (including phenoxy) is 1. The van der Waals surface area contributed by atoms with E-state index < -0.39 is 29.8 Å². The van der Waals surface area contributed by atoms with E-state index in [4.69, 9.17) is 4.74 Å². The zero-order valence-electron chi connectivity index (χ0n) is 15.8.